The van der Waals surface area contributed by atoms with Crippen LogP contribution in [0.1, 0.15) is 17.7 Å². The Morgan fingerprint density at radius 3 is 2.93 bits per heavy atom. The molecule has 0 spiro atoms. The molecular weight excluding hydrogens is 176 g/mol. The van der Waals surface area contributed by atoms with Gasteiger partial charge in [0.1, 0.15) is 12.4 Å². The predicted octanol–water partition coefficient (Wildman–Crippen LogP) is 1.44. The first kappa shape index (κ1) is 9.46. The van der Waals surface area contributed by atoms with Crippen molar-refractivity contribution in [2.24, 2.45) is 0 Å². The Hall–Kier alpha value is -1.09. The molecule has 76 valence electrons. The van der Waals surface area contributed by atoms with Gasteiger partial charge in [-0.05, 0) is 38.4 Å². The number of aryl methyl sites for hydroxylation is 2. The van der Waals surface area contributed by atoms with Gasteiger partial charge in [-0.15, -0.1) is 0 Å². The number of rotatable bonds is 3. The van der Waals surface area contributed by atoms with E-state index in [-0.39, 0.29) is 0 Å². The first-order chi connectivity index (χ1) is 6.75. The van der Waals surface area contributed by atoms with Crippen molar-refractivity contribution in [1.29, 1.82) is 0 Å². The van der Waals surface area contributed by atoms with E-state index in [1.807, 2.05) is 13.0 Å². The molecule has 0 unspecified atom stereocenters. The third-order valence-electron chi connectivity index (χ3n) is 2.69. The summed E-state index contributed by atoms with van der Waals surface area (Å²) < 4.78 is 5.62. The van der Waals surface area contributed by atoms with Crippen molar-refractivity contribution >= 4 is 0 Å². The molecular formula is C11H16N2O. The summed E-state index contributed by atoms with van der Waals surface area (Å²) in [6, 6.07) is 2.58. The number of aromatic nitrogens is 1. The summed E-state index contributed by atoms with van der Waals surface area (Å²) >= 11 is 0. The van der Waals surface area contributed by atoms with Crippen molar-refractivity contribution in [3.63, 3.8) is 0 Å². The fraction of sp³-hybridized carbons (Fsp3) is 0.545. The zero-order chi connectivity index (χ0) is 9.97. The Morgan fingerprint density at radius 2 is 2.36 bits per heavy atom. The standard InChI is InChI=1S/C11H16N2O/c1-8-5-11(6-13-9(8)2)14-7-10-3-4-12-10/h5-6,10,12H,3-4,7H2,1-2H3/t10-/m0/s1. The van der Waals surface area contributed by atoms with Crippen LogP contribution in [0.5, 0.6) is 5.75 Å². The fourth-order valence-corrected chi connectivity index (χ4v) is 1.38. The zero-order valence-corrected chi connectivity index (χ0v) is 8.71. The van der Waals surface area contributed by atoms with E-state index in [0.717, 1.165) is 24.6 Å². The van der Waals surface area contributed by atoms with Crippen LogP contribution in [0.4, 0.5) is 0 Å². The highest BCUT2D eigenvalue weighted by molar-refractivity contribution is 5.27. The molecule has 0 radical (unpaired) electrons. The molecule has 1 aliphatic heterocycles. The summed E-state index contributed by atoms with van der Waals surface area (Å²) in [5.74, 6) is 0.877. The maximum Gasteiger partial charge on any atom is 0.137 e. The average Bonchev–Trinajstić information content (AvgIpc) is 2.08. The lowest BCUT2D eigenvalue weighted by molar-refractivity contribution is 0.217. The van der Waals surface area contributed by atoms with Gasteiger partial charge in [-0.25, -0.2) is 0 Å². The van der Waals surface area contributed by atoms with Gasteiger partial charge in [0.15, 0.2) is 0 Å². The summed E-state index contributed by atoms with van der Waals surface area (Å²) in [5, 5.41) is 3.30. The highest BCUT2D eigenvalue weighted by atomic mass is 16.5. The summed E-state index contributed by atoms with van der Waals surface area (Å²) in [7, 11) is 0. The Kier molecular flexibility index (Phi) is 2.68. The molecule has 1 atom stereocenters. The van der Waals surface area contributed by atoms with Crippen molar-refractivity contribution < 1.29 is 4.74 Å². The number of pyridine rings is 1. The molecule has 2 heterocycles. The molecule has 0 bridgehead atoms. The SMILES string of the molecule is Cc1cc(OC[C@@H]2CCN2)cnc1C. The smallest absolute Gasteiger partial charge is 0.137 e. The van der Waals surface area contributed by atoms with Gasteiger partial charge in [-0.2, -0.15) is 0 Å². The number of nitrogens with one attached hydrogen (secondary N) is 1. The number of hydrogen-bond donors (Lipinski definition) is 1. The molecule has 1 saturated heterocycles. The Labute approximate surface area is 84.5 Å². The van der Waals surface area contributed by atoms with Gasteiger partial charge in [-0.3, -0.25) is 4.98 Å². The first-order valence-electron chi connectivity index (χ1n) is 5.05. The molecule has 1 aromatic heterocycles. The van der Waals surface area contributed by atoms with E-state index in [1.165, 1.54) is 12.0 Å². The van der Waals surface area contributed by atoms with Crippen molar-refractivity contribution in [2.75, 3.05) is 13.2 Å². The second-order valence-corrected chi connectivity index (χ2v) is 3.82. The summed E-state index contributed by atoms with van der Waals surface area (Å²) in [5.41, 5.74) is 2.25. The molecule has 3 nitrogen and oxygen atoms in total. The molecule has 1 N–H and O–H groups in total. The lowest BCUT2D eigenvalue weighted by Gasteiger charge is -2.27. The van der Waals surface area contributed by atoms with Crippen LogP contribution in [0, 0.1) is 13.8 Å². The van der Waals surface area contributed by atoms with Gasteiger partial charge in [0.05, 0.1) is 6.20 Å². The van der Waals surface area contributed by atoms with E-state index in [9.17, 15) is 0 Å². The topological polar surface area (TPSA) is 34.1 Å². The molecule has 0 saturated carbocycles. The predicted molar refractivity (Wildman–Crippen MR) is 55.6 cm³/mol. The van der Waals surface area contributed by atoms with Crippen LogP contribution in [-0.2, 0) is 0 Å². The fourth-order valence-electron chi connectivity index (χ4n) is 1.38. The van der Waals surface area contributed by atoms with Crippen LogP contribution in [0.3, 0.4) is 0 Å². The molecule has 1 aromatic rings. The minimum Gasteiger partial charge on any atom is -0.490 e. The zero-order valence-electron chi connectivity index (χ0n) is 8.71. The van der Waals surface area contributed by atoms with Crippen LogP contribution in [0.2, 0.25) is 0 Å². The minimum atomic E-state index is 0.539. The van der Waals surface area contributed by atoms with Crippen LogP contribution >= 0.6 is 0 Å². The van der Waals surface area contributed by atoms with Crippen molar-refractivity contribution in [3.05, 3.63) is 23.5 Å². The van der Waals surface area contributed by atoms with Gasteiger partial charge in [0, 0.05) is 11.7 Å². The molecule has 0 amide bonds. The highest BCUT2D eigenvalue weighted by Gasteiger charge is 2.16. The van der Waals surface area contributed by atoms with Crippen LogP contribution in [0.15, 0.2) is 12.3 Å². The van der Waals surface area contributed by atoms with Crippen LogP contribution in [-0.4, -0.2) is 24.2 Å². The van der Waals surface area contributed by atoms with Crippen molar-refractivity contribution in [1.82, 2.24) is 10.3 Å². The largest absolute Gasteiger partial charge is 0.490 e. The second kappa shape index (κ2) is 3.96. The van der Waals surface area contributed by atoms with Crippen molar-refractivity contribution in [2.45, 2.75) is 26.3 Å². The van der Waals surface area contributed by atoms with E-state index in [2.05, 4.69) is 17.2 Å². The number of hydrogen-bond acceptors (Lipinski definition) is 3. The summed E-state index contributed by atoms with van der Waals surface area (Å²) in [6.07, 6.45) is 3.01. The van der Waals surface area contributed by atoms with Crippen LogP contribution in [0.25, 0.3) is 0 Å². The van der Waals surface area contributed by atoms with E-state index in [4.69, 9.17) is 4.74 Å². The maximum absolute atomic E-state index is 5.62. The molecule has 0 aromatic carbocycles. The van der Waals surface area contributed by atoms with Gasteiger partial charge in [0.25, 0.3) is 0 Å². The lowest BCUT2D eigenvalue weighted by Crippen LogP contribution is -2.46. The highest BCUT2D eigenvalue weighted by Crippen LogP contribution is 2.14. The van der Waals surface area contributed by atoms with Gasteiger partial charge in [0.2, 0.25) is 0 Å². The Balaban J connectivity index is 1.91. The van der Waals surface area contributed by atoms with E-state index in [1.54, 1.807) is 6.20 Å². The average molecular weight is 192 g/mol. The molecule has 1 fully saturated rings. The number of nitrogens with zero attached hydrogens (tertiary/aromatic N) is 1. The summed E-state index contributed by atoms with van der Waals surface area (Å²) in [4.78, 5) is 4.26. The normalized spacial score (nSPS) is 20.3. The van der Waals surface area contributed by atoms with E-state index >= 15 is 0 Å². The Morgan fingerprint density at radius 1 is 1.57 bits per heavy atom. The Bertz CT molecular complexity index is 321. The summed E-state index contributed by atoms with van der Waals surface area (Å²) in [6.45, 7) is 5.94. The monoisotopic (exact) mass is 192 g/mol. The third-order valence-corrected chi connectivity index (χ3v) is 2.69. The molecule has 3 heteroatoms. The first-order valence-corrected chi connectivity index (χ1v) is 5.05. The van der Waals surface area contributed by atoms with Gasteiger partial charge < -0.3 is 10.1 Å². The van der Waals surface area contributed by atoms with Gasteiger partial charge in [-0.1, -0.05) is 0 Å². The molecule has 2 rings (SSSR count). The molecule has 14 heavy (non-hydrogen) atoms. The van der Waals surface area contributed by atoms with Crippen molar-refractivity contribution in [3.8, 4) is 5.75 Å². The minimum absolute atomic E-state index is 0.539. The van der Waals surface area contributed by atoms with Crippen LogP contribution < -0.4 is 10.1 Å². The molecule has 1 aliphatic rings. The van der Waals surface area contributed by atoms with Gasteiger partial charge >= 0.3 is 0 Å². The van der Waals surface area contributed by atoms with E-state index < -0.39 is 0 Å². The number of ether oxygens (including phenoxy) is 1. The second-order valence-electron chi connectivity index (χ2n) is 3.82. The maximum atomic E-state index is 5.62. The van der Waals surface area contributed by atoms with E-state index in [0.29, 0.717) is 6.04 Å². The lowest BCUT2D eigenvalue weighted by atomic mass is 10.1. The third kappa shape index (κ3) is 2.04. The molecule has 0 aliphatic carbocycles. The quantitative estimate of drug-likeness (QED) is 0.787.